The predicted octanol–water partition coefficient (Wildman–Crippen LogP) is 3.66. The van der Waals surface area contributed by atoms with Crippen LogP contribution in [0.15, 0.2) is 30.0 Å². The molecule has 0 radical (unpaired) electrons. The minimum atomic E-state index is -0.330. The van der Waals surface area contributed by atoms with Crippen molar-refractivity contribution in [1.82, 2.24) is 4.98 Å². The molecule has 106 valence electrons. The standard InChI is InChI=1S/C16H20N2O2/c1-5-20-15(19)9-10(2)17-14-8-6-7-13-11(3)12(4)18-16(13)14/h6-9,17-18H,5H2,1-4H3. The Labute approximate surface area is 118 Å². The topological polar surface area (TPSA) is 54.1 Å². The molecule has 1 aromatic heterocycles. The Morgan fingerprint density at radius 3 is 2.85 bits per heavy atom. The van der Waals surface area contributed by atoms with Crippen LogP contribution in [0, 0.1) is 13.8 Å². The zero-order valence-electron chi connectivity index (χ0n) is 12.3. The van der Waals surface area contributed by atoms with Gasteiger partial charge in [-0.25, -0.2) is 4.79 Å². The van der Waals surface area contributed by atoms with Crippen molar-refractivity contribution in [3.63, 3.8) is 0 Å². The number of ether oxygens (including phenoxy) is 1. The molecule has 0 saturated carbocycles. The van der Waals surface area contributed by atoms with Crippen LogP contribution in [0.4, 0.5) is 5.69 Å². The lowest BCUT2D eigenvalue weighted by atomic mass is 10.1. The van der Waals surface area contributed by atoms with Crippen molar-refractivity contribution in [1.29, 1.82) is 0 Å². The van der Waals surface area contributed by atoms with Crippen molar-refractivity contribution in [2.24, 2.45) is 0 Å². The van der Waals surface area contributed by atoms with Crippen molar-refractivity contribution >= 4 is 22.6 Å². The molecule has 0 fully saturated rings. The normalized spacial score (nSPS) is 11.7. The van der Waals surface area contributed by atoms with E-state index < -0.39 is 0 Å². The number of benzene rings is 1. The van der Waals surface area contributed by atoms with Crippen LogP contribution in [-0.4, -0.2) is 17.6 Å². The highest BCUT2D eigenvalue weighted by molar-refractivity contribution is 5.95. The molecule has 0 aliphatic heterocycles. The Morgan fingerprint density at radius 1 is 1.40 bits per heavy atom. The number of carbonyl (C=O) groups is 1. The molecule has 0 atom stereocenters. The van der Waals surface area contributed by atoms with Gasteiger partial charge in [0.1, 0.15) is 0 Å². The highest BCUT2D eigenvalue weighted by Gasteiger charge is 2.08. The molecular weight excluding hydrogens is 252 g/mol. The van der Waals surface area contributed by atoms with Crippen LogP contribution >= 0.6 is 0 Å². The number of esters is 1. The number of para-hydroxylation sites is 1. The maximum absolute atomic E-state index is 11.4. The summed E-state index contributed by atoms with van der Waals surface area (Å²) >= 11 is 0. The maximum Gasteiger partial charge on any atom is 0.332 e. The lowest BCUT2D eigenvalue weighted by Gasteiger charge is -2.08. The zero-order chi connectivity index (χ0) is 14.7. The smallest absolute Gasteiger partial charge is 0.332 e. The second-order valence-electron chi connectivity index (χ2n) is 4.81. The van der Waals surface area contributed by atoms with E-state index in [1.807, 2.05) is 19.1 Å². The Bertz CT molecular complexity index is 668. The summed E-state index contributed by atoms with van der Waals surface area (Å²) < 4.78 is 4.90. The van der Waals surface area contributed by atoms with Crippen molar-refractivity contribution in [2.75, 3.05) is 11.9 Å². The summed E-state index contributed by atoms with van der Waals surface area (Å²) in [6, 6.07) is 6.08. The van der Waals surface area contributed by atoms with Crippen LogP contribution in [0.25, 0.3) is 10.9 Å². The SMILES string of the molecule is CCOC(=O)C=C(C)Nc1cccc2c(C)c(C)[nH]c12. The summed E-state index contributed by atoms with van der Waals surface area (Å²) in [6.07, 6.45) is 1.46. The third kappa shape index (κ3) is 2.85. The van der Waals surface area contributed by atoms with Gasteiger partial charge in [-0.15, -0.1) is 0 Å². The molecule has 0 bridgehead atoms. The number of hydrogen-bond acceptors (Lipinski definition) is 3. The summed E-state index contributed by atoms with van der Waals surface area (Å²) in [5.41, 5.74) is 5.16. The van der Waals surface area contributed by atoms with Gasteiger partial charge in [0.05, 0.1) is 17.8 Å². The molecular formula is C16H20N2O2. The van der Waals surface area contributed by atoms with E-state index in [2.05, 4.69) is 30.2 Å². The molecule has 4 heteroatoms. The summed E-state index contributed by atoms with van der Waals surface area (Å²) in [6.45, 7) is 8.17. The van der Waals surface area contributed by atoms with E-state index in [4.69, 9.17) is 4.74 Å². The van der Waals surface area contributed by atoms with Gasteiger partial charge in [-0.2, -0.15) is 0 Å². The van der Waals surface area contributed by atoms with Crippen molar-refractivity contribution < 1.29 is 9.53 Å². The van der Waals surface area contributed by atoms with E-state index in [0.29, 0.717) is 6.61 Å². The number of aromatic nitrogens is 1. The Morgan fingerprint density at radius 2 is 2.15 bits per heavy atom. The number of allylic oxidation sites excluding steroid dienone is 1. The molecule has 2 aromatic rings. The van der Waals surface area contributed by atoms with Gasteiger partial charge in [-0.05, 0) is 39.3 Å². The zero-order valence-corrected chi connectivity index (χ0v) is 12.3. The molecule has 0 saturated heterocycles. The van der Waals surface area contributed by atoms with E-state index in [-0.39, 0.29) is 5.97 Å². The van der Waals surface area contributed by atoms with Gasteiger partial charge in [0.15, 0.2) is 0 Å². The highest BCUT2D eigenvalue weighted by atomic mass is 16.5. The minimum Gasteiger partial charge on any atom is -0.463 e. The first kappa shape index (κ1) is 14.2. The number of carbonyl (C=O) groups excluding carboxylic acids is 1. The van der Waals surface area contributed by atoms with E-state index in [9.17, 15) is 4.79 Å². The van der Waals surface area contributed by atoms with Crippen molar-refractivity contribution in [3.05, 3.63) is 41.2 Å². The number of aryl methyl sites for hydroxylation is 2. The first-order chi connectivity index (χ1) is 9.52. The van der Waals surface area contributed by atoms with Gasteiger partial charge in [0, 0.05) is 22.9 Å². The third-order valence-corrected chi connectivity index (χ3v) is 3.30. The fraction of sp³-hybridized carbons (Fsp3) is 0.312. The van der Waals surface area contributed by atoms with Crippen LogP contribution in [0.5, 0.6) is 0 Å². The fourth-order valence-electron chi connectivity index (χ4n) is 2.20. The molecule has 1 heterocycles. The van der Waals surface area contributed by atoms with Gasteiger partial charge in [0.2, 0.25) is 0 Å². The van der Waals surface area contributed by atoms with Crippen molar-refractivity contribution in [2.45, 2.75) is 27.7 Å². The highest BCUT2D eigenvalue weighted by Crippen LogP contribution is 2.28. The molecule has 0 spiro atoms. The summed E-state index contributed by atoms with van der Waals surface area (Å²) in [4.78, 5) is 14.8. The number of anilines is 1. The molecule has 0 aliphatic carbocycles. The number of hydrogen-bond donors (Lipinski definition) is 2. The average Bonchev–Trinajstić information content (AvgIpc) is 2.67. The maximum atomic E-state index is 11.4. The third-order valence-electron chi connectivity index (χ3n) is 3.30. The molecule has 0 aliphatic rings. The summed E-state index contributed by atoms with van der Waals surface area (Å²) in [5.74, 6) is -0.330. The number of nitrogens with one attached hydrogen (secondary N) is 2. The van der Waals surface area contributed by atoms with E-state index in [1.54, 1.807) is 6.92 Å². The van der Waals surface area contributed by atoms with Crippen molar-refractivity contribution in [3.8, 4) is 0 Å². The van der Waals surface area contributed by atoms with Gasteiger partial charge < -0.3 is 15.0 Å². The van der Waals surface area contributed by atoms with Gasteiger partial charge in [-0.1, -0.05) is 12.1 Å². The Kier molecular flexibility index (Phi) is 4.13. The quantitative estimate of drug-likeness (QED) is 0.659. The second-order valence-corrected chi connectivity index (χ2v) is 4.81. The van der Waals surface area contributed by atoms with Gasteiger partial charge in [-0.3, -0.25) is 0 Å². The first-order valence-electron chi connectivity index (χ1n) is 6.73. The Balaban J connectivity index is 2.30. The first-order valence-corrected chi connectivity index (χ1v) is 6.73. The van der Waals surface area contributed by atoms with Gasteiger partial charge in [0.25, 0.3) is 0 Å². The lowest BCUT2D eigenvalue weighted by molar-refractivity contribution is -0.137. The summed E-state index contributed by atoms with van der Waals surface area (Å²) in [7, 11) is 0. The average molecular weight is 272 g/mol. The lowest BCUT2D eigenvalue weighted by Crippen LogP contribution is -2.04. The Hall–Kier alpha value is -2.23. The van der Waals surface area contributed by atoms with Crippen LogP contribution in [0.3, 0.4) is 0 Å². The molecule has 1 aromatic carbocycles. The van der Waals surface area contributed by atoms with Crippen LogP contribution < -0.4 is 5.32 Å². The molecule has 20 heavy (non-hydrogen) atoms. The molecule has 2 rings (SSSR count). The predicted molar refractivity (Wildman–Crippen MR) is 81.8 cm³/mol. The second kappa shape index (κ2) is 5.82. The molecule has 2 N–H and O–H groups in total. The van der Waals surface area contributed by atoms with Gasteiger partial charge >= 0.3 is 5.97 Å². The molecule has 0 unspecified atom stereocenters. The number of fused-ring (bicyclic) bond motifs is 1. The fourth-order valence-corrected chi connectivity index (χ4v) is 2.20. The number of aromatic amines is 1. The van der Waals surface area contributed by atoms with Crippen LogP contribution in [0.2, 0.25) is 0 Å². The summed E-state index contributed by atoms with van der Waals surface area (Å²) in [5, 5.41) is 4.43. The number of H-pyrrole nitrogens is 1. The van der Waals surface area contributed by atoms with Crippen LogP contribution in [-0.2, 0) is 9.53 Å². The van der Waals surface area contributed by atoms with E-state index in [1.165, 1.54) is 17.0 Å². The largest absolute Gasteiger partial charge is 0.463 e. The minimum absolute atomic E-state index is 0.330. The molecule has 0 amide bonds. The van der Waals surface area contributed by atoms with E-state index >= 15 is 0 Å². The number of rotatable bonds is 4. The monoisotopic (exact) mass is 272 g/mol. The van der Waals surface area contributed by atoms with E-state index in [0.717, 1.165) is 22.6 Å². The molecule has 4 nitrogen and oxygen atoms in total. The van der Waals surface area contributed by atoms with Crippen LogP contribution in [0.1, 0.15) is 25.1 Å².